The monoisotopic (exact) mass is 282 g/mol. The predicted octanol–water partition coefficient (Wildman–Crippen LogP) is 2.59. The van der Waals surface area contributed by atoms with Crippen molar-refractivity contribution >= 4 is 15.7 Å². The summed E-state index contributed by atoms with van der Waals surface area (Å²) in [7, 11) is -1.72. The van der Waals surface area contributed by atoms with Gasteiger partial charge in [-0.3, -0.25) is 0 Å². The number of anilines is 1. The zero-order valence-electron chi connectivity index (χ0n) is 11.7. The maximum absolute atomic E-state index is 12.4. The van der Waals surface area contributed by atoms with E-state index in [0.717, 1.165) is 19.3 Å². The summed E-state index contributed by atoms with van der Waals surface area (Å²) in [6.45, 7) is 4.37. The summed E-state index contributed by atoms with van der Waals surface area (Å²) >= 11 is 0. The van der Waals surface area contributed by atoms with Crippen LogP contribution in [0, 0.1) is 5.41 Å². The van der Waals surface area contributed by atoms with E-state index in [-0.39, 0.29) is 11.5 Å². The lowest BCUT2D eigenvalue weighted by Gasteiger charge is -2.18. The Hall–Kier alpha value is -1.07. The molecule has 106 valence electrons. The van der Waals surface area contributed by atoms with Gasteiger partial charge in [0.2, 0.25) is 10.0 Å². The van der Waals surface area contributed by atoms with E-state index in [0.29, 0.717) is 10.6 Å². The minimum atomic E-state index is -3.45. The summed E-state index contributed by atoms with van der Waals surface area (Å²) < 4.78 is 27.7. The highest BCUT2D eigenvalue weighted by molar-refractivity contribution is 7.89. The van der Waals surface area contributed by atoms with Gasteiger partial charge in [-0.25, -0.2) is 13.1 Å². The molecule has 1 saturated carbocycles. The molecule has 2 rings (SSSR count). The fourth-order valence-corrected chi connectivity index (χ4v) is 4.21. The van der Waals surface area contributed by atoms with Crippen molar-refractivity contribution in [2.24, 2.45) is 5.41 Å². The van der Waals surface area contributed by atoms with Crippen LogP contribution in [-0.4, -0.2) is 21.5 Å². The normalized spacial score (nSPS) is 22.4. The minimum Gasteiger partial charge on any atom is -0.387 e. The predicted molar refractivity (Wildman–Crippen MR) is 77.7 cm³/mol. The molecule has 1 aromatic carbocycles. The summed E-state index contributed by atoms with van der Waals surface area (Å²) in [6, 6.07) is 7.02. The molecule has 1 atom stereocenters. The number of benzene rings is 1. The average Bonchev–Trinajstić information content (AvgIpc) is 2.67. The van der Waals surface area contributed by atoms with Gasteiger partial charge in [0.05, 0.1) is 5.69 Å². The number of rotatable bonds is 4. The lowest BCUT2D eigenvalue weighted by atomic mass is 9.92. The van der Waals surface area contributed by atoms with Gasteiger partial charge in [-0.15, -0.1) is 0 Å². The van der Waals surface area contributed by atoms with E-state index < -0.39 is 10.0 Å². The molecular weight excluding hydrogens is 260 g/mol. The third-order valence-electron chi connectivity index (χ3n) is 3.74. The second kappa shape index (κ2) is 5.13. The van der Waals surface area contributed by atoms with Gasteiger partial charge in [0.15, 0.2) is 0 Å². The number of hydrogen-bond acceptors (Lipinski definition) is 3. The van der Waals surface area contributed by atoms with Crippen LogP contribution in [-0.2, 0) is 10.0 Å². The first-order valence-electron chi connectivity index (χ1n) is 6.63. The first kappa shape index (κ1) is 14.3. The highest BCUT2D eigenvalue weighted by Crippen LogP contribution is 2.37. The van der Waals surface area contributed by atoms with Crippen LogP contribution >= 0.6 is 0 Å². The highest BCUT2D eigenvalue weighted by Gasteiger charge is 2.33. The summed E-state index contributed by atoms with van der Waals surface area (Å²) in [4.78, 5) is 0.321. The number of sulfonamides is 1. The molecule has 0 saturated heterocycles. The van der Waals surface area contributed by atoms with E-state index in [1.807, 2.05) is 6.07 Å². The third kappa shape index (κ3) is 3.28. The van der Waals surface area contributed by atoms with Gasteiger partial charge in [0.1, 0.15) is 4.90 Å². The van der Waals surface area contributed by atoms with Gasteiger partial charge < -0.3 is 5.32 Å². The third-order valence-corrected chi connectivity index (χ3v) is 5.31. The van der Waals surface area contributed by atoms with Crippen molar-refractivity contribution in [2.75, 3.05) is 12.4 Å². The lowest BCUT2D eigenvalue weighted by molar-refractivity contribution is 0.372. The summed E-state index contributed by atoms with van der Waals surface area (Å²) in [5.74, 6) is 0. The lowest BCUT2D eigenvalue weighted by Crippen LogP contribution is -2.33. The molecule has 0 aliphatic heterocycles. The van der Waals surface area contributed by atoms with Crippen LogP contribution in [0.5, 0.6) is 0 Å². The van der Waals surface area contributed by atoms with E-state index in [4.69, 9.17) is 0 Å². The van der Waals surface area contributed by atoms with E-state index in [9.17, 15) is 8.42 Å². The first-order chi connectivity index (χ1) is 8.84. The van der Waals surface area contributed by atoms with E-state index >= 15 is 0 Å². The van der Waals surface area contributed by atoms with E-state index in [1.165, 1.54) is 0 Å². The van der Waals surface area contributed by atoms with Gasteiger partial charge >= 0.3 is 0 Å². The Morgan fingerprint density at radius 2 is 1.95 bits per heavy atom. The molecule has 2 N–H and O–H groups in total. The van der Waals surface area contributed by atoms with Crippen molar-refractivity contribution in [3.05, 3.63) is 24.3 Å². The fraction of sp³-hybridized carbons (Fsp3) is 0.571. The minimum absolute atomic E-state index is 0.0462. The molecule has 0 aromatic heterocycles. The summed E-state index contributed by atoms with van der Waals surface area (Å²) in [5.41, 5.74) is 0.864. The van der Waals surface area contributed by atoms with Crippen molar-refractivity contribution in [1.82, 2.24) is 4.72 Å². The summed E-state index contributed by atoms with van der Waals surface area (Å²) in [5, 5.41) is 2.92. The highest BCUT2D eigenvalue weighted by atomic mass is 32.2. The van der Waals surface area contributed by atoms with Gasteiger partial charge in [0, 0.05) is 13.1 Å². The van der Waals surface area contributed by atoms with Crippen LogP contribution in [0.2, 0.25) is 0 Å². The van der Waals surface area contributed by atoms with Crippen molar-refractivity contribution in [2.45, 2.75) is 44.0 Å². The molecule has 1 aliphatic rings. The van der Waals surface area contributed by atoms with Crippen LogP contribution < -0.4 is 10.0 Å². The Bertz CT molecular complexity index is 552. The molecule has 1 fully saturated rings. The molecule has 0 amide bonds. The molecule has 0 spiro atoms. The molecule has 0 heterocycles. The molecule has 4 nitrogen and oxygen atoms in total. The number of nitrogens with one attached hydrogen (secondary N) is 2. The molecular formula is C14H22N2O2S. The second-order valence-corrected chi connectivity index (χ2v) is 7.65. The Balaban J connectivity index is 2.19. The maximum atomic E-state index is 12.4. The fourth-order valence-electron chi connectivity index (χ4n) is 2.73. The molecule has 0 radical (unpaired) electrons. The Kier molecular flexibility index (Phi) is 3.87. The summed E-state index contributed by atoms with van der Waals surface area (Å²) in [6.07, 6.45) is 2.87. The van der Waals surface area contributed by atoms with Gasteiger partial charge in [0.25, 0.3) is 0 Å². The van der Waals surface area contributed by atoms with Crippen LogP contribution in [0.15, 0.2) is 29.2 Å². The molecule has 0 bridgehead atoms. The second-order valence-electron chi connectivity index (χ2n) is 5.97. The van der Waals surface area contributed by atoms with Crippen LogP contribution in [0.1, 0.15) is 33.1 Å². The largest absolute Gasteiger partial charge is 0.387 e. The van der Waals surface area contributed by atoms with E-state index in [1.54, 1.807) is 25.2 Å². The topological polar surface area (TPSA) is 58.2 Å². The smallest absolute Gasteiger partial charge is 0.242 e. The molecule has 1 aromatic rings. The van der Waals surface area contributed by atoms with E-state index in [2.05, 4.69) is 23.9 Å². The molecule has 5 heteroatoms. The van der Waals surface area contributed by atoms with Crippen LogP contribution in [0.3, 0.4) is 0 Å². The average molecular weight is 282 g/mol. The number of para-hydroxylation sites is 1. The van der Waals surface area contributed by atoms with Crippen molar-refractivity contribution in [3.8, 4) is 0 Å². The molecule has 19 heavy (non-hydrogen) atoms. The zero-order valence-corrected chi connectivity index (χ0v) is 12.5. The standard InChI is InChI=1S/C14H22N2O2S/c1-14(2)9-8-11(10-14)16-19(17,18)13-7-5-4-6-12(13)15-3/h4-7,11,15-16H,8-10H2,1-3H3. The molecule has 1 unspecified atom stereocenters. The van der Waals surface area contributed by atoms with Crippen LogP contribution in [0.4, 0.5) is 5.69 Å². The Morgan fingerprint density at radius 3 is 2.53 bits per heavy atom. The molecule has 1 aliphatic carbocycles. The first-order valence-corrected chi connectivity index (χ1v) is 8.11. The number of hydrogen-bond donors (Lipinski definition) is 2. The zero-order chi connectivity index (χ0) is 14.1. The Labute approximate surface area is 115 Å². The van der Waals surface area contributed by atoms with Crippen molar-refractivity contribution in [1.29, 1.82) is 0 Å². The van der Waals surface area contributed by atoms with Crippen LogP contribution in [0.25, 0.3) is 0 Å². The van der Waals surface area contributed by atoms with Gasteiger partial charge in [-0.2, -0.15) is 0 Å². The van der Waals surface area contributed by atoms with Crippen molar-refractivity contribution < 1.29 is 8.42 Å². The quantitative estimate of drug-likeness (QED) is 0.892. The van der Waals surface area contributed by atoms with Crippen molar-refractivity contribution in [3.63, 3.8) is 0 Å². The van der Waals surface area contributed by atoms with Gasteiger partial charge in [-0.1, -0.05) is 26.0 Å². The Morgan fingerprint density at radius 1 is 1.26 bits per heavy atom. The SMILES string of the molecule is CNc1ccccc1S(=O)(=O)NC1CCC(C)(C)C1. The maximum Gasteiger partial charge on any atom is 0.242 e. The van der Waals surface area contributed by atoms with Gasteiger partial charge in [-0.05, 0) is 36.8 Å².